The number of benzene rings is 1. The van der Waals surface area contributed by atoms with Gasteiger partial charge in [0.1, 0.15) is 5.54 Å². The predicted molar refractivity (Wildman–Crippen MR) is 122 cm³/mol. The minimum atomic E-state index is -0.894. The highest BCUT2D eigenvalue weighted by atomic mass is 32.2. The summed E-state index contributed by atoms with van der Waals surface area (Å²) in [6.07, 6.45) is 2.91. The first-order chi connectivity index (χ1) is 15.9. The van der Waals surface area contributed by atoms with Crippen LogP contribution in [0.4, 0.5) is 4.79 Å². The molecule has 10 nitrogen and oxygen atoms in total. The van der Waals surface area contributed by atoms with Crippen LogP contribution in [0.2, 0.25) is 0 Å². The highest BCUT2D eigenvalue weighted by Gasteiger charge is 2.52. The second-order valence-corrected chi connectivity index (χ2v) is 9.42. The molecule has 11 heteroatoms. The van der Waals surface area contributed by atoms with Crippen LogP contribution >= 0.6 is 11.8 Å². The van der Waals surface area contributed by atoms with E-state index in [1.54, 1.807) is 7.11 Å². The van der Waals surface area contributed by atoms with E-state index < -0.39 is 17.5 Å². The number of ether oxygens (including phenoxy) is 1. The Balaban J connectivity index is 1.40. The molecule has 2 heterocycles. The lowest BCUT2D eigenvalue weighted by atomic mass is 9.77. The molecule has 1 saturated heterocycles. The maximum atomic E-state index is 12.9. The Morgan fingerprint density at radius 3 is 2.67 bits per heavy atom. The van der Waals surface area contributed by atoms with Crippen molar-refractivity contribution in [1.82, 2.24) is 30.5 Å². The molecular weight excluding hydrogens is 444 g/mol. The monoisotopic (exact) mass is 472 g/mol. The van der Waals surface area contributed by atoms with Crippen molar-refractivity contribution < 1.29 is 19.1 Å². The number of nitrogens with one attached hydrogen (secondary N) is 2. The standard InChI is InChI=1S/C22H28N6O4S/c1-15-8-10-22(11-9-15)19(30)28(20(31)23-22)26-17(29)14-33-21-25-24-18(27(21)12-13-32-2)16-6-4-3-5-7-16/h3-7,15H,8-14H2,1-2H3,(H,23,31)(H,26,29). The van der Waals surface area contributed by atoms with Crippen molar-refractivity contribution in [3.05, 3.63) is 30.3 Å². The summed E-state index contributed by atoms with van der Waals surface area (Å²) < 4.78 is 7.10. The number of rotatable bonds is 8. The third-order valence-electron chi connectivity index (χ3n) is 6.13. The van der Waals surface area contributed by atoms with E-state index in [9.17, 15) is 14.4 Å². The molecule has 4 amide bonds. The van der Waals surface area contributed by atoms with Crippen LogP contribution < -0.4 is 10.7 Å². The Bertz CT molecular complexity index is 1020. The number of carbonyl (C=O) groups is 3. The van der Waals surface area contributed by atoms with E-state index in [0.717, 1.165) is 23.4 Å². The smallest absolute Gasteiger partial charge is 0.344 e. The SMILES string of the molecule is COCCn1c(SCC(=O)NN2C(=O)NC3(CCC(C)CC3)C2=O)nnc1-c1ccccc1. The van der Waals surface area contributed by atoms with E-state index >= 15 is 0 Å². The molecule has 1 aromatic heterocycles. The minimum Gasteiger partial charge on any atom is -0.383 e. The molecule has 2 aliphatic rings. The summed E-state index contributed by atoms with van der Waals surface area (Å²) in [5, 5.41) is 12.7. The number of nitrogens with zero attached hydrogens (tertiary/aromatic N) is 4. The molecule has 1 aliphatic heterocycles. The summed E-state index contributed by atoms with van der Waals surface area (Å²) in [7, 11) is 1.62. The van der Waals surface area contributed by atoms with Crippen molar-refractivity contribution in [3.8, 4) is 11.4 Å². The van der Waals surface area contributed by atoms with Gasteiger partial charge in [0.05, 0.1) is 18.9 Å². The van der Waals surface area contributed by atoms with Crippen LogP contribution in [0.1, 0.15) is 32.6 Å². The first-order valence-electron chi connectivity index (χ1n) is 11.0. The average Bonchev–Trinajstić information content (AvgIpc) is 3.33. The topological polar surface area (TPSA) is 118 Å². The maximum absolute atomic E-state index is 12.9. The Morgan fingerprint density at radius 2 is 1.97 bits per heavy atom. The van der Waals surface area contributed by atoms with Crippen molar-refractivity contribution >= 4 is 29.6 Å². The van der Waals surface area contributed by atoms with Gasteiger partial charge in [-0.05, 0) is 31.6 Å². The predicted octanol–water partition coefficient (Wildman–Crippen LogP) is 2.22. The number of urea groups is 1. The number of carbonyl (C=O) groups excluding carboxylic acids is 3. The van der Waals surface area contributed by atoms with Crippen LogP contribution in [0.25, 0.3) is 11.4 Å². The molecule has 176 valence electrons. The Hall–Kier alpha value is -2.92. The fourth-order valence-corrected chi connectivity index (χ4v) is 4.94. The quantitative estimate of drug-likeness (QED) is 0.447. The van der Waals surface area contributed by atoms with Crippen molar-refractivity contribution in [2.45, 2.75) is 49.8 Å². The van der Waals surface area contributed by atoms with Crippen LogP contribution in [0, 0.1) is 5.92 Å². The van der Waals surface area contributed by atoms with E-state index in [2.05, 4.69) is 27.9 Å². The summed E-state index contributed by atoms with van der Waals surface area (Å²) >= 11 is 1.19. The fourth-order valence-electron chi connectivity index (χ4n) is 4.18. The van der Waals surface area contributed by atoms with E-state index in [0.29, 0.717) is 42.9 Å². The molecule has 2 fully saturated rings. The summed E-state index contributed by atoms with van der Waals surface area (Å²) in [6.45, 7) is 3.12. The molecule has 4 rings (SSSR count). The lowest BCUT2D eigenvalue weighted by Crippen LogP contribution is -2.51. The number of thioether (sulfide) groups is 1. The highest BCUT2D eigenvalue weighted by Crippen LogP contribution is 2.35. The molecular formula is C22H28N6O4S. The van der Waals surface area contributed by atoms with Gasteiger partial charge in [0.15, 0.2) is 11.0 Å². The van der Waals surface area contributed by atoms with Crippen molar-refractivity contribution in [3.63, 3.8) is 0 Å². The Morgan fingerprint density at radius 1 is 1.24 bits per heavy atom. The number of methoxy groups -OCH3 is 1. The summed E-state index contributed by atoms with van der Waals surface area (Å²) in [5.41, 5.74) is 2.47. The minimum absolute atomic E-state index is 0.0268. The zero-order valence-electron chi connectivity index (χ0n) is 18.7. The van der Waals surface area contributed by atoms with Crippen molar-refractivity contribution in [1.29, 1.82) is 0 Å². The summed E-state index contributed by atoms with van der Waals surface area (Å²) in [6, 6.07) is 9.06. The van der Waals surface area contributed by atoms with E-state index in [1.165, 1.54) is 11.8 Å². The van der Waals surface area contributed by atoms with Crippen molar-refractivity contribution in [2.75, 3.05) is 19.5 Å². The molecule has 1 aromatic carbocycles. The summed E-state index contributed by atoms with van der Waals surface area (Å²) in [4.78, 5) is 37.9. The van der Waals surface area contributed by atoms with Crippen molar-refractivity contribution in [2.24, 2.45) is 5.92 Å². The molecule has 33 heavy (non-hydrogen) atoms. The molecule has 0 bridgehead atoms. The van der Waals surface area contributed by atoms with E-state index in [-0.39, 0.29) is 11.7 Å². The first-order valence-corrected chi connectivity index (χ1v) is 12.0. The largest absolute Gasteiger partial charge is 0.383 e. The maximum Gasteiger partial charge on any atom is 0.344 e. The normalized spacial score (nSPS) is 22.6. The third kappa shape index (κ3) is 4.88. The molecule has 0 radical (unpaired) electrons. The number of imide groups is 1. The molecule has 1 aliphatic carbocycles. The van der Waals surface area contributed by atoms with Gasteiger partial charge in [-0.25, -0.2) is 4.79 Å². The van der Waals surface area contributed by atoms with Gasteiger partial charge >= 0.3 is 6.03 Å². The van der Waals surface area contributed by atoms with Gasteiger partial charge in [-0.3, -0.25) is 19.6 Å². The molecule has 1 saturated carbocycles. The second-order valence-electron chi connectivity index (χ2n) is 8.48. The second kappa shape index (κ2) is 9.92. The zero-order chi connectivity index (χ0) is 23.4. The van der Waals surface area contributed by atoms with Gasteiger partial charge in [-0.2, -0.15) is 5.01 Å². The Kier molecular flexibility index (Phi) is 6.99. The number of hydrazine groups is 1. The molecule has 2 N–H and O–H groups in total. The highest BCUT2D eigenvalue weighted by molar-refractivity contribution is 7.99. The van der Waals surface area contributed by atoms with Crippen LogP contribution in [-0.4, -0.2) is 62.6 Å². The fraction of sp³-hybridized carbons (Fsp3) is 0.500. The van der Waals surface area contributed by atoms with Crippen LogP contribution in [-0.2, 0) is 20.9 Å². The molecule has 2 aromatic rings. The van der Waals surface area contributed by atoms with E-state index in [1.807, 2.05) is 34.9 Å². The Labute approximate surface area is 196 Å². The third-order valence-corrected chi connectivity index (χ3v) is 7.09. The van der Waals surface area contributed by atoms with Crippen LogP contribution in [0.15, 0.2) is 35.5 Å². The van der Waals surface area contributed by atoms with Gasteiger partial charge in [0, 0.05) is 12.7 Å². The lowest BCUT2D eigenvalue weighted by molar-refractivity contribution is -0.139. The molecule has 0 atom stereocenters. The lowest BCUT2D eigenvalue weighted by Gasteiger charge is -2.33. The van der Waals surface area contributed by atoms with Gasteiger partial charge in [-0.15, -0.1) is 10.2 Å². The first kappa shape index (κ1) is 23.2. The van der Waals surface area contributed by atoms with Gasteiger partial charge in [-0.1, -0.05) is 49.0 Å². The number of amides is 4. The summed E-state index contributed by atoms with van der Waals surface area (Å²) in [5.74, 6) is 0.329. The van der Waals surface area contributed by atoms with Gasteiger partial charge in [0.25, 0.3) is 5.91 Å². The van der Waals surface area contributed by atoms with Gasteiger partial charge < -0.3 is 10.1 Å². The van der Waals surface area contributed by atoms with Crippen LogP contribution in [0.5, 0.6) is 0 Å². The van der Waals surface area contributed by atoms with E-state index in [4.69, 9.17) is 4.74 Å². The molecule has 1 spiro atoms. The zero-order valence-corrected chi connectivity index (χ0v) is 19.6. The van der Waals surface area contributed by atoms with Gasteiger partial charge in [0.2, 0.25) is 5.91 Å². The number of hydrogen-bond donors (Lipinski definition) is 2. The molecule has 0 unspecified atom stereocenters. The number of hydrogen-bond acceptors (Lipinski definition) is 7. The number of aromatic nitrogens is 3. The average molecular weight is 473 g/mol. The van der Waals surface area contributed by atoms with Crippen LogP contribution in [0.3, 0.4) is 0 Å².